The smallest absolute Gasteiger partial charge is 0.283 e. The molecule has 0 saturated carbocycles. The number of ether oxygens (including phenoxy) is 2. The summed E-state index contributed by atoms with van der Waals surface area (Å²) in [5.41, 5.74) is 3.44. The number of fused-ring (bicyclic) bond motifs is 1. The van der Waals surface area contributed by atoms with Gasteiger partial charge in [0.15, 0.2) is 11.5 Å². The monoisotopic (exact) mass is 484 g/mol. The first kappa shape index (κ1) is 22.6. The van der Waals surface area contributed by atoms with Gasteiger partial charge in [0.2, 0.25) is 5.13 Å². The molecule has 0 fully saturated rings. The Morgan fingerprint density at radius 1 is 1.00 bits per heavy atom. The molecule has 0 amide bonds. The summed E-state index contributed by atoms with van der Waals surface area (Å²) in [4.78, 5) is 22.9. The molecular formula is C27H24N4O3S. The van der Waals surface area contributed by atoms with Gasteiger partial charge in [-0.15, -0.1) is 0 Å². The third-order valence-electron chi connectivity index (χ3n) is 5.56. The predicted octanol–water partition coefficient (Wildman–Crippen LogP) is 5.34. The second-order valence-corrected chi connectivity index (χ2v) is 8.81. The van der Waals surface area contributed by atoms with Crippen molar-refractivity contribution >= 4 is 27.3 Å². The zero-order valence-electron chi connectivity index (χ0n) is 19.4. The van der Waals surface area contributed by atoms with Gasteiger partial charge in [0, 0.05) is 11.3 Å². The van der Waals surface area contributed by atoms with Crippen LogP contribution in [0, 0.1) is 0 Å². The van der Waals surface area contributed by atoms with Gasteiger partial charge in [-0.05, 0) is 31.2 Å². The Hall–Kier alpha value is -4.17. The molecule has 2 aromatic heterocycles. The van der Waals surface area contributed by atoms with Crippen LogP contribution in [-0.4, -0.2) is 40.7 Å². The van der Waals surface area contributed by atoms with Gasteiger partial charge in [0.1, 0.15) is 6.61 Å². The van der Waals surface area contributed by atoms with Crippen molar-refractivity contribution < 1.29 is 9.47 Å². The Labute approximate surface area is 206 Å². The molecule has 8 heteroatoms. The second-order valence-electron chi connectivity index (χ2n) is 7.80. The number of methoxy groups -OCH3 is 1. The van der Waals surface area contributed by atoms with Crippen LogP contribution < -0.4 is 15.0 Å². The van der Waals surface area contributed by atoms with E-state index in [1.165, 1.54) is 16.0 Å². The molecule has 2 heterocycles. The summed E-state index contributed by atoms with van der Waals surface area (Å²) < 4.78 is 13.7. The van der Waals surface area contributed by atoms with Gasteiger partial charge in [-0.25, -0.2) is 4.98 Å². The molecular weight excluding hydrogens is 460 g/mol. The maximum atomic E-state index is 13.6. The highest BCUT2D eigenvalue weighted by Crippen LogP contribution is 2.27. The Morgan fingerprint density at radius 2 is 1.71 bits per heavy atom. The first-order valence-electron chi connectivity index (χ1n) is 11.2. The maximum absolute atomic E-state index is 13.6. The lowest BCUT2D eigenvalue weighted by atomic mass is 10.1. The lowest BCUT2D eigenvalue weighted by Gasteiger charge is -2.09. The predicted molar refractivity (Wildman–Crippen MR) is 141 cm³/mol. The zero-order chi connectivity index (χ0) is 24.2. The molecule has 0 aliphatic rings. The molecule has 0 atom stereocenters. The van der Waals surface area contributed by atoms with E-state index in [-0.39, 0.29) is 5.56 Å². The molecule has 0 aliphatic heterocycles. The highest BCUT2D eigenvalue weighted by atomic mass is 32.1. The number of rotatable bonds is 8. The first-order chi connectivity index (χ1) is 17.2. The van der Waals surface area contributed by atoms with Crippen molar-refractivity contribution in [3.05, 3.63) is 94.8 Å². The number of thiazole rings is 1. The Bertz CT molecular complexity index is 1520. The fourth-order valence-corrected chi connectivity index (χ4v) is 4.79. The number of hydrogen-bond acceptors (Lipinski definition) is 6. The molecule has 5 rings (SSSR count). The van der Waals surface area contributed by atoms with Crippen molar-refractivity contribution in [1.29, 1.82) is 0 Å². The van der Waals surface area contributed by atoms with Crippen molar-refractivity contribution in [2.24, 2.45) is 4.99 Å². The lowest BCUT2D eigenvalue weighted by molar-refractivity contribution is 0.303. The van der Waals surface area contributed by atoms with Crippen molar-refractivity contribution in [3.8, 4) is 27.9 Å². The number of benzene rings is 3. The largest absolute Gasteiger partial charge is 0.493 e. The highest BCUT2D eigenvalue weighted by Gasteiger charge is 2.20. The molecule has 1 N–H and O–H groups in total. The fraction of sp³-hybridized carbons (Fsp3) is 0.148. The van der Waals surface area contributed by atoms with E-state index in [9.17, 15) is 4.79 Å². The van der Waals surface area contributed by atoms with Crippen LogP contribution in [0.25, 0.3) is 26.6 Å². The standard InChI is InChI=1S/C27H24N4O3S/c1-18(28-16-17-34-22-14-8-7-13-21(22)33-2)24-25(19-10-4-3-5-11-19)30-31(26(24)32)27-29-20-12-6-9-15-23(20)35-27/h3-15,30H,16-17H2,1-2H3. The van der Waals surface area contributed by atoms with E-state index in [0.29, 0.717) is 46.8 Å². The third kappa shape index (κ3) is 4.61. The summed E-state index contributed by atoms with van der Waals surface area (Å²) in [6.07, 6.45) is 0. The van der Waals surface area contributed by atoms with Gasteiger partial charge in [0.05, 0.1) is 35.1 Å². The quantitative estimate of drug-likeness (QED) is 0.238. The van der Waals surface area contributed by atoms with Gasteiger partial charge in [0.25, 0.3) is 5.56 Å². The molecule has 0 bridgehead atoms. The third-order valence-corrected chi connectivity index (χ3v) is 6.58. The van der Waals surface area contributed by atoms with Gasteiger partial charge < -0.3 is 9.47 Å². The van der Waals surface area contributed by atoms with Crippen LogP contribution in [0.1, 0.15) is 12.5 Å². The van der Waals surface area contributed by atoms with E-state index in [0.717, 1.165) is 15.8 Å². The Balaban J connectivity index is 1.47. The molecule has 0 aliphatic carbocycles. The topological polar surface area (TPSA) is 81.5 Å². The van der Waals surface area contributed by atoms with E-state index in [1.807, 2.05) is 85.8 Å². The van der Waals surface area contributed by atoms with Crippen LogP contribution in [0.2, 0.25) is 0 Å². The van der Waals surface area contributed by atoms with Gasteiger partial charge >= 0.3 is 0 Å². The summed E-state index contributed by atoms with van der Waals surface area (Å²) in [7, 11) is 1.61. The number of para-hydroxylation sites is 3. The fourth-order valence-electron chi connectivity index (χ4n) is 3.86. The molecule has 0 spiro atoms. The van der Waals surface area contributed by atoms with Gasteiger partial charge in [-0.2, -0.15) is 4.68 Å². The number of hydrogen-bond donors (Lipinski definition) is 1. The molecule has 0 radical (unpaired) electrons. The molecule has 35 heavy (non-hydrogen) atoms. The number of aromatic nitrogens is 3. The van der Waals surface area contributed by atoms with Crippen molar-refractivity contribution in [2.75, 3.05) is 20.3 Å². The first-order valence-corrected chi connectivity index (χ1v) is 12.0. The van der Waals surface area contributed by atoms with E-state index in [1.54, 1.807) is 7.11 Å². The van der Waals surface area contributed by atoms with Crippen LogP contribution in [0.15, 0.2) is 88.6 Å². The minimum absolute atomic E-state index is 0.185. The second kappa shape index (κ2) is 9.99. The van der Waals surface area contributed by atoms with Crippen molar-refractivity contribution in [1.82, 2.24) is 14.8 Å². The van der Waals surface area contributed by atoms with E-state index in [2.05, 4.69) is 15.1 Å². The molecule has 0 unspecified atom stereocenters. The maximum Gasteiger partial charge on any atom is 0.283 e. The zero-order valence-corrected chi connectivity index (χ0v) is 20.2. The summed E-state index contributed by atoms with van der Waals surface area (Å²) in [5, 5.41) is 3.87. The minimum atomic E-state index is -0.185. The lowest BCUT2D eigenvalue weighted by Crippen LogP contribution is -2.20. The Kier molecular flexibility index (Phi) is 6.45. The average molecular weight is 485 g/mol. The van der Waals surface area contributed by atoms with Gasteiger partial charge in [-0.1, -0.05) is 65.9 Å². The molecule has 5 aromatic rings. The average Bonchev–Trinajstić information content (AvgIpc) is 3.48. The number of H-pyrrole nitrogens is 1. The summed E-state index contributed by atoms with van der Waals surface area (Å²) >= 11 is 1.46. The van der Waals surface area contributed by atoms with E-state index >= 15 is 0 Å². The van der Waals surface area contributed by atoms with Crippen LogP contribution in [0.5, 0.6) is 11.5 Å². The number of nitrogens with one attached hydrogen (secondary N) is 1. The van der Waals surface area contributed by atoms with Crippen LogP contribution in [-0.2, 0) is 0 Å². The van der Waals surface area contributed by atoms with Crippen molar-refractivity contribution in [2.45, 2.75) is 6.92 Å². The number of nitrogens with zero attached hydrogens (tertiary/aromatic N) is 3. The highest BCUT2D eigenvalue weighted by molar-refractivity contribution is 7.20. The molecule has 176 valence electrons. The summed E-state index contributed by atoms with van der Waals surface area (Å²) in [6, 6.07) is 25.1. The molecule has 7 nitrogen and oxygen atoms in total. The molecule has 0 saturated heterocycles. The van der Waals surface area contributed by atoms with Gasteiger partial charge in [-0.3, -0.25) is 14.9 Å². The minimum Gasteiger partial charge on any atom is -0.493 e. The molecule has 3 aromatic carbocycles. The number of aromatic amines is 1. The summed E-state index contributed by atoms with van der Waals surface area (Å²) in [6.45, 7) is 2.60. The van der Waals surface area contributed by atoms with Crippen LogP contribution in [0.4, 0.5) is 0 Å². The summed E-state index contributed by atoms with van der Waals surface area (Å²) in [5.74, 6) is 1.33. The Morgan fingerprint density at radius 3 is 2.49 bits per heavy atom. The SMILES string of the molecule is COc1ccccc1OCCN=C(C)c1c(-c2ccccc2)[nH]n(-c2nc3ccccc3s2)c1=O. The van der Waals surface area contributed by atoms with E-state index in [4.69, 9.17) is 9.47 Å². The van der Waals surface area contributed by atoms with E-state index < -0.39 is 0 Å². The van der Waals surface area contributed by atoms with Crippen LogP contribution in [0.3, 0.4) is 0 Å². The van der Waals surface area contributed by atoms with Crippen molar-refractivity contribution in [3.63, 3.8) is 0 Å². The normalized spacial score (nSPS) is 11.7. The number of aliphatic imine (C=N–C) groups is 1. The van der Waals surface area contributed by atoms with Crippen LogP contribution >= 0.6 is 11.3 Å².